The zero-order valence-electron chi connectivity index (χ0n) is 11.6. The molecule has 1 saturated heterocycles. The van der Waals surface area contributed by atoms with Crippen molar-refractivity contribution in [2.45, 2.75) is 50.6 Å². The van der Waals surface area contributed by atoms with Gasteiger partial charge in [0.2, 0.25) is 11.8 Å². The Hall–Kier alpha value is -1.61. The summed E-state index contributed by atoms with van der Waals surface area (Å²) in [7, 11) is 0. The first-order valence-corrected chi connectivity index (χ1v) is 7.29. The van der Waals surface area contributed by atoms with Gasteiger partial charge >= 0.3 is 0 Å². The zero-order valence-corrected chi connectivity index (χ0v) is 11.6. The van der Waals surface area contributed by atoms with Gasteiger partial charge in [0.25, 0.3) is 0 Å². The zero-order chi connectivity index (χ0) is 14.7. The Morgan fingerprint density at radius 3 is 2.40 bits per heavy atom. The van der Waals surface area contributed by atoms with Crippen molar-refractivity contribution in [3.63, 3.8) is 0 Å². The van der Waals surface area contributed by atoms with E-state index in [0.717, 1.165) is 25.7 Å². The summed E-state index contributed by atoms with van der Waals surface area (Å²) in [6.07, 6.45) is 4.54. The van der Waals surface area contributed by atoms with Gasteiger partial charge in [-0.3, -0.25) is 9.59 Å². The predicted molar refractivity (Wildman–Crippen MR) is 73.0 cm³/mol. The van der Waals surface area contributed by atoms with Crippen LogP contribution in [-0.4, -0.2) is 35.3 Å². The number of carbonyl (C=O) groups is 2. The molecular formula is C14H22N4O2. The molecule has 2 atom stereocenters. The van der Waals surface area contributed by atoms with Crippen molar-refractivity contribution in [3.8, 4) is 6.07 Å². The molecule has 2 rings (SSSR count). The van der Waals surface area contributed by atoms with Crippen molar-refractivity contribution in [1.82, 2.24) is 4.90 Å². The van der Waals surface area contributed by atoms with Crippen LogP contribution in [0.4, 0.5) is 0 Å². The summed E-state index contributed by atoms with van der Waals surface area (Å²) in [5.41, 5.74) is 11.4. The van der Waals surface area contributed by atoms with E-state index in [-0.39, 0.29) is 29.7 Å². The molecule has 110 valence electrons. The highest BCUT2D eigenvalue weighted by Crippen LogP contribution is 2.31. The van der Waals surface area contributed by atoms with Gasteiger partial charge in [-0.2, -0.15) is 5.26 Å². The number of likely N-dealkylation sites (tertiary alicyclic amines) is 1. The first-order chi connectivity index (χ1) is 9.54. The van der Waals surface area contributed by atoms with Crippen molar-refractivity contribution in [3.05, 3.63) is 0 Å². The second-order valence-electron chi connectivity index (χ2n) is 5.86. The number of nitriles is 1. The summed E-state index contributed by atoms with van der Waals surface area (Å²) in [4.78, 5) is 25.1. The first kappa shape index (κ1) is 14.8. The molecule has 0 aromatic carbocycles. The van der Waals surface area contributed by atoms with E-state index in [2.05, 4.69) is 6.07 Å². The van der Waals surface area contributed by atoms with Crippen LogP contribution in [0.3, 0.4) is 0 Å². The maximum atomic E-state index is 12.4. The number of rotatable bonds is 3. The molecule has 2 fully saturated rings. The Kier molecular flexibility index (Phi) is 4.61. The number of hydrogen-bond donors (Lipinski definition) is 2. The fourth-order valence-corrected chi connectivity index (χ4v) is 3.32. The fourth-order valence-electron chi connectivity index (χ4n) is 3.32. The molecule has 0 spiro atoms. The van der Waals surface area contributed by atoms with E-state index in [0.29, 0.717) is 19.4 Å². The Balaban J connectivity index is 1.92. The van der Waals surface area contributed by atoms with Crippen LogP contribution in [-0.2, 0) is 9.59 Å². The maximum absolute atomic E-state index is 12.4. The van der Waals surface area contributed by atoms with Gasteiger partial charge in [0.15, 0.2) is 0 Å². The fraction of sp³-hybridized carbons (Fsp3) is 0.786. The van der Waals surface area contributed by atoms with E-state index in [1.165, 1.54) is 0 Å². The minimum absolute atomic E-state index is 0.0767. The summed E-state index contributed by atoms with van der Waals surface area (Å²) < 4.78 is 0. The lowest BCUT2D eigenvalue weighted by Gasteiger charge is -2.32. The molecule has 0 aromatic heterocycles. The van der Waals surface area contributed by atoms with Crippen molar-refractivity contribution in [2.24, 2.45) is 23.3 Å². The number of nitrogens with two attached hydrogens (primary N) is 2. The van der Waals surface area contributed by atoms with Gasteiger partial charge in [0.05, 0.1) is 12.1 Å². The lowest BCUT2D eigenvalue weighted by molar-refractivity contribution is -0.134. The van der Waals surface area contributed by atoms with Crippen LogP contribution in [0.25, 0.3) is 0 Å². The van der Waals surface area contributed by atoms with Crippen molar-refractivity contribution >= 4 is 11.8 Å². The molecule has 1 saturated carbocycles. The lowest BCUT2D eigenvalue weighted by atomic mass is 9.78. The largest absolute Gasteiger partial charge is 0.369 e. The molecular weight excluding hydrogens is 256 g/mol. The average molecular weight is 278 g/mol. The van der Waals surface area contributed by atoms with Gasteiger partial charge in [0, 0.05) is 12.5 Å². The molecule has 0 radical (unpaired) electrons. The molecule has 0 unspecified atom stereocenters. The monoisotopic (exact) mass is 278 g/mol. The minimum atomic E-state index is -0.558. The highest BCUT2D eigenvalue weighted by molar-refractivity contribution is 5.83. The Morgan fingerprint density at radius 1 is 1.20 bits per heavy atom. The van der Waals surface area contributed by atoms with E-state index in [1.54, 1.807) is 4.90 Å². The van der Waals surface area contributed by atoms with Crippen molar-refractivity contribution in [1.29, 1.82) is 5.26 Å². The number of nitrogens with zero attached hydrogens (tertiary/aromatic N) is 2. The Labute approximate surface area is 119 Å². The SMILES string of the molecule is N#C[C@@H]1CCCN1C(=O)[C@@H](N)[C@H]1CC[C@H](C(N)=O)CC1. The molecule has 0 aromatic rings. The second-order valence-corrected chi connectivity index (χ2v) is 5.86. The Bertz CT molecular complexity index is 423. The topological polar surface area (TPSA) is 113 Å². The van der Waals surface area contributed by atoms with Gasteiger partial charge in [-0.05, 0) is 44.4 Å². The lowest BCUT2D eigenvalue weighted by Crippen LogP contribution is -2.50. The molecule has 0 bridgehead atoms. The van der Waals surface area contributed by atoms with Gasteiger partial charge < -0.3 is 16.4 Å². The van der Waals surface area contributed by atoms with E-state index in [1.807, 2.05) is 0 Å². The van der Waals surface area contributed by atoms with Crippen LogP contribution in [0.2, 0.25) is 0 Å². The summed E-state index contributed by atoms with van der Waals surface area (Å²) in [5, 5.41) is 9.04. The van der Waals surface area contributed by atoms with Crippen LogP contribution in [0.15, 0.2) is 0 Å². The number of primary amides is 1. The van der Waals surface area contributed by atoms with Gasteiger partial charge in [-0.15, -0.1) is 0 Å². The molecule has 1 aliphatic carbocycles. The standard InChI is InChI=1S/C14H22N4O2/c15-8-11-2-1-7-18(11)14(20)12(16)9-3-5-10(6-4-9)13(17)19/h9-12H,1-7,16H2,(H2,17,19)/t9-,10-,11-,12-/m0/s1. The third kappa shape index (κ3) is 2.93. The first-order valence-electron chi connectivity index (χ1n) is 7.29. The quantitative estimate of drug-likeness (QED) is 0.763. The third-order valence-electron chi connectivity index (χ3n) is 4.65. The molecule has 4 N–H and O–H groups in total. The Morgan fingerprint density at radius 2 is 1.85 bits per heavy atom. The maximum Gasteiger partial charge on any atom is 0.240 e. The summed E-state index contributed by atoms with van der Waals surface area (Å²) in [5.74, 6) is -0.353. The number of carbonyl (C=O) groups excluding carboxylic acids is 2. The molecule has 6 heteroatoms. The highest BCUT2D eigenvalue weighted by Gasteiger charge is 2.37. The smallest absolute Gasteiger partial charge is 0.240 e. The molecule has 6 nitrogen and oxygen atoms in total. The van der Waals surface area contributed by atoms with Crippen molar-refractivity contribution in [2.75, 3.05) is 6.54 Å². The van der Waals surface area contributed by atoms with E-state index in [9.17, 15) is 9.59 Å². The number of amides is 2. The van der Waals surface area contributed by atoms with Crippen LogP contribution in [0.5, 0.6) is 0 Å². The summed E-state index contributed by atoms with van der Waals surface area (Å²) >= 11 is 0. The molecule has 2 amide bonds. The predicted octanol–water partition coefficient (Wildman–Crippen LogP) is 0.120. The summed E-state index contributed by atoms with van der Waals surface area (Å²) in [6, 6.07) is 1.28. The molecule has 2 aliphatic rings. The minimum Gasteiger partial charge on any atom is -0.369 e. The van der Waals surface area contributed by atoms with Gasteiger partial charge in [-0.25, -0.2) is 0 Å². The van der Waals surface area contributed by atoms with Gasteiger partial charge in [0.1, 0.15) is 6.04 Å². The molecule has 1 aliphatic heterocycles. The average Bonchev–Trinajstić information content (AvgIpc) is 2.94. The van der Waals surface area contributed by atoms with E-state index < -0.39 is 6.04 Å². The molecule has 20 heavy (non-hydrogen) atoms. The van der Waals surface area contributed by atoms with E-state index >= 15 is 0 Å². The van der Waals surface area contributed by atoms with Crippen LogP contribution in [0, 0.1) is 23.2 Å². The van der Waals surface area contributed by atoms with E-state index in [4.69, 9.17) is 16.7 Å². The van der Waals surface area contributed by atoms with Crippen LogP contribution >= 0.6 is 0 Å². The van der Waals surface area contributed by atoms with Gasteiger partial charge in [-0.1, -0.05) is 0 Å². The summed E-state index contributed by atoms with van der Waals surface area (Å²) in [6.45, 7) is 0.626. The highest BCUT2D eigenvalue weighted by atomic mass is 16.2. The van der Waals surface area contributed by atoms with Crippen LogP contribution < -0.4 is 11.5 Å². The second kappa shape index (κ2) is 6.23. The third-order valence-corrected chi connectivity index (χ3v) is 4.65. The normalized spacial score (nSPS) is 31.6. The number of hydrogen-bond acceptors (Lipinski definition) is 4. The van der Waals surface area contributed by atoms with Crippen LogP contribution in [0.1, 0.15) is 38.5 Å². The van der Waals surface area contributed by atoms with Crippen molar-refractivity contribution < 1.29 is 9.59 Å². The molecule has 1 heterocycles.